The molecule has 0 fully saturated rings. The van der Waals surface area contributed by atoms with E-state index in [0.717, 1.165) is 0 Å². The first-order valence-electron chi connectivity index (χ1n) is 1.40. The predicted molar refractivity (Wildman–Crippen MR) is 43.8 cm³/mol. The Balaban J connectivity index is -0.0000000178. The van der Waals surface area contributed by atoms with Crippen molar-refractivity contribution in [1.82, 2.24) is 0 Å². The van der Waals surface area contributed by atoms with E-state index >= 15 is 0 Å². The molecular formula is H6Na2O6S4. The topological polar surface area (TPSA) is 115 Å². The molecule has 12 heteroatoms. The number of hydrogen-bond acceptors (Lipinski definition) is 4. The molecule has 0 saturated carbocycles. The van der Waals surface area contributed by atoms with Gasteiger partial charge in [0.25, 0.3) is 18.1 Å². The van der Waals surface area contributed by atoms with Crippen LogP contribution in [0.3, 0.4) is 0 Å². The van der Waals surface area contributed by atoms with Crippen LogP contribution in [-0.4, -0.2) is 26.6 Å². The van der Waals surface area contributed by atoms with Crippen LogP contribution in [0.15, 0.2) is 0 Å². The molecule has 0 aliphatic carbocycles. The van der Waals surface area contributed by atoms with Crippen molar-refractivity contribution in [3.05, 3.63) is 0 Å². The molecule has 0 aromatic rings. The Kier molecular flexibility index (Phi) is 20.2. The normalized spacial score (nSPS) is 9.67. The van der Waals surface area contributed by atoms with Gasteiger partial charge in [-0.1, -0.05) is 0 Å². The Morgan fingerprint density at radius 1 is 0.833 bits per heavy atom. The maximum atomic E-state index is 9.11. The fourth-order valence-corrected chi connectivity index (χ4v) is 0. The van der Waals surface area contributed by atoms with Crippen LogP contribution < -0.4 is 59.1 Å². The molecule has 0 rings (SSSR count). The molecule has 4 N–H and O–H groups in total. The van der Waals surface area contributed by atoms with E-state index in [4.69, 9.17) is 26.6 Å². The van der Waals surface area contributed by atoms with Gasteiger partial charge in [-0.3, -0.25) is 18.2 Å². The van der Waals surface area contributed by atoms with Gasteiger partial charge in [-0.2, -0.15) is 8.42 Å². The molecule has 0 bridgehead atoms. The molecule has 6 nitrogen and oxygen atoms in total. The Bertz CT molecular complexity index is 222. The predicted octanol–water partition coefficient (Wildman–Crippen LogP) is -6.41. The van der Waals surface area contributed by atoms with Gasteiger partial charge in [0.05, 0.1) is 0 Å². The summed E-state index contributed by atoms with van der Waals surface area (Å²) in [6, 6.07) is 0. The van der Waals surface area contributed by atoms with E-state index in [-0.39, 0.29) is 62.0 Å². The van der Waals surface area contributed by atoms with Crippen LogP contribution in [0.5, 0.6) is 0 Å². The third kappa shape index (κ3) is 253. The zero-order chi connectivity index (χ0) is 9.00. The van der Waals surface area contributed by atoms with Crippen molar-refractivity contribution >= 4 is 40.5 Å². The summed E-state index contributed by atoms with van der Waals surface area (Å²) in [4.78, 5) is 0. The standard InChI is InChI=1S/2Na.2H2O3S2.2H/c;;2*1-5(2,3)4;;/h;;2*(H2,1,2,3,4);;/q2*+1;;;2*-1. The van der Waals surface area contributed by atoms with Gasteiger partial charge in [0, 0.05) is 22.4 Å². The molecule has 0 aliphatic rings. The van der Waals surface area contributed by atoms with Crippen LogP contribution in [0.4, 0.5) is 0 Å². The van der Waals surface area contributed by atoms with E-state index in [1.807, 2.05) is 0 Å². The van der Waals surface area contributed by atoms with Crippen LogP contribution in [0.1, 0.15) is 2.85 Å². The maximum absolute atomic E-state index is 9.11. The molecular weight excluding hydrogens is 270 g/mol. The summed E-state index contributed by atoms with van der Waals surface area (Å²) in [7, 11) is -7.67. The maximum Gasteiger partial charge on any atom is 1.00 e. The Morgan fingerprint density at radius 2 is 0.833 bits per heavy atom. The van der Waals surface area contributed by atoms with Crippen LogP contribution in [0.25, 0.3) is 0 Å². The second kappa shape index (κ2) is 10.1. The Hall–Kier alpha value is 2.58. The van der Waals surface area contributed by atoms with Crippen LogP contribution >= 0.6 is 0 Å². The third-order valence-corrected chi connectivity index (χ3v) is 0. The molecule has 0 spiro atoms. The van der Waals surface area contributed by atoms with Gasteiger partial charge in [0.2, 0.25) is 0 Å². The minimum atomic E-state index is -3.83. The van der Waals surface area contributed by atoms with Gasteiger partial charge in [-0.05, 0) is 0 Å². The largest absolute Gasteiger partial charge is 1.00 e. The summed E-state index contributed by atoms with van der Waals surface area (Å²) >= 11 is 6.93. The molecule has 12 heavy (non-hydrogen) atoms. The molecule has 0 atom stereocenters. The molecule has 0 aliphatic heterocycles. The Morgan fingerprint density at radius 3 is 0.833 bits per heavy atom. The summed E-state index contributed by atoms with van der Waals surface area (Å²) in [5.41, 5.74) is 0. The molecule has 0 unspecified atom stereocenters. The zero-order valence-corrected chi connectivity index (χ0v) is 13.5. The average Bonchev–Trinajstić information content (AvgIpc) is 1.12. The van der Waals surface area contributed by atoms with Gasteiger partial charge in [-0.15, -0.1) is 0 Å². The molecule has 0 radical (unpaired) electrons. The van der Waals surface area contributed by atoms with Crippen molar-refractivity contribution in [3.8, 4) is 0 Å². The molecule has 0 aromatic carbocycles. The van der Waals surface area contributed by atoms with Crippen LogP contribution in [0, 0.1) is 0 Å². The fourth-order valence-electron chi connectivity index (χ4n) is 0. The van der Waals surface area contributed by atoms with Crippen molar-refractivity contribution in [2.24, 2.45) is 0 Å². The van der Waals surface area contributed by atoms with E-state index in [9.17, 15) is 0 Å². The first-order valence-corrected chi connectivity index (χ1v) is 6.19. The van der Waals surface area contributed by atoms with E-state index < -0.39 is 18.1 Å². The first kappa shape index (κ1) is 24.0. The second-order valence-electron chi connectivity index (χ2n) is 0.896. The summed E-state index contributed by atoms with van der Waals surface area (Å²) < 4.78 is 47.9. The van der Waals surface area contributed by atoms with Gasteiger partial charge >= 0.3 is 59.1 Å². The summed E-state index contributed by atoms with van der Waals surface area (Å²) in [6.07, 6.45) is 0. The van der Waals surface area contributed by atoms with E-state index in [1.165, 1.54) is 0 Å². The van der Waals surface area contributed by atoms with E-state index in [0.29, 0.717) is 0 Å². The minimum Gasteiger partial charge on any atom is -1.00 e. The monoisotopic (exact) mass is 276 g/mol. The van der Waals surface area contributed by atoms with E-state index in [2.05, 4.69) is 22.4 Å². The quantitative estimate of drug-likeness (QED) is 0.323. The van der Waals surface area contributed by atoms with Gasteiger partial charge in [-0.25, -0.2) is 0 Å². The van der Waals surface area contributed by atoms with Crippen molar-refractivity contribution in [2.75, 3.05) is 0 Å². The van der Waals surface area contributed by atoms with Crippen LogP contribution in [-0.2, 0) is 40.5 Å². The molecule has 0 saturated heterocycles. The summed E-state index contributed by atoms with van der Waals surface area (Å²) in [5.74, 6) is 0. The van der Waals surface area contributed by atoms with Crippen molar-refractivity contribution in [3.63, 3.8) is 0 Å². The zero-order valence-electron chi connectivity index (χ0n) is 8.24. The van der Waals surface area contributed by atoms with E-state index in [1.54, 1.807) is 0 Å². The van der Waals surface area contributed by atoms with Crippen LogP contribution in [0.2, 0.25) is 0 Å². The van der Waals surface area contributed by atoms with Crippen molar-refractivity contribution in [1.29, 1.82) is 0 Å². The van der Waals surface area contributed by atoms with Gasteiger partial charge < -0.3 is 2.85 Å². The smallest absolute Gasteiger partial charge is 1.00 e. The van der Waals surface area contributed by atoms with Gasteiger partial charge in [0.1, 0.15) is 0 Å². The first-order chi connectivity index (χ1) is 4.00. The third-order valence-electron chi connectivity index (χ3n) is 0. The minimum absolute atomic E-state index is 0. The Labute approximate surface area is 127 Å². The SMILES string of the molecule is O=S(O)(O)=S.O=S(O)(O)=S.[H-].[H-].[Na+].[Na+]. The molecule has 68 valence electrons. The second-order valence-corrected chi connectivity index (χ2v) is 5.29. The average molecular weight is 276 g/mol. The summed E-state index contributed by atoms with van der Waals surface area (Å²) in [5, 5.41) is 0. The summed E-state index contributed by atoms with van der Waals surface area (Å²) in [6.45, 7) is 0. The number of hydrogen-bond donors (Lipinski definition) is 4. The van der Waals surface area contributed by atoms with Gasteiger partial charge in [0.15, 0.2) is 0 Å². The molecule has 0 aromatic heterocycles. The molecule has 0 amide bonds. The fraction of sp³-hybridized carbons (Fsp3) is 0. The molecule has 0 heterocycles. The van der Waals surface area contributed by atoms with Crippen molar-refractivity contribution in [2.45, 2.75) is 0 Å². The van der Waals surface area contributed by atoms with Crippen molar-refractivity contribution < 1.29 is 88.6 Å². The number of rotatable bonds is 0.